The summed E-state index contributed by atoms with van der Waals surface area (Å²) in [4.78, 5) is 21.1. The van der Waals surface area contributed by atoms with E-state index in [2.05, 4.69) is 301 Å². The van der Waals surface area contributed by atoms with Crippen LogP contribution in [0.15, 0.2) is 12.4 Å². The highest BCUT2D eigenvalue weighted by atomic mass is 16.5. The molecule has 2 fully saturated rings. The first kappa shape index (κ1) is 74.1. The molecule has 0 aromatic heterocycles. The van der Waals surface area contributed by atoms with E-state index in [0.717, 1.165) is 91.6 Å². The largest absolute Gasteiger partial charge is 0.373 e. The second-order valence-electron chi connectivity index (χ2n) is 36.5. The fraction of sp³-hybridized carbons (Fsp3) is 0.971. The molecule has 0 aliphatic carbocycles. The van der Waals surface area contributed by atoms with Crippen LogP contribution >= 0.6 is 0 Å². The molecule has 3 heterocycles. The zero-order valence-electron chi connectivity index (χ0n) is 59.3. The van der Waals surface area contributed by atoms with E-state index in [1.54, 1.807) is 0 Å². The molecule has 0 radical (unpaired) electrons. The van der Waals surface area contributed by atoms with Crippen LogP contribution in [0.1, 0.15) is 249 Å². The fourth-order valence-corrected chi connectivity index (χ4v) is 12.0. The maximum Gasteiger partial charge on any atom is 0.0664 e. The Kier molecular flexibility index (Phi) is 25.7. The Morgan fingerprint density at radius 1 is 0.221 bits per heavy atom. The Bertz CT molecular complexity index is 1530. The lowest BCUT2D eigenvalue weighted by Crippen LogP contribution is -2.57. The fourth-order valence-electron chi connectivity index (χ4n) is 12.0. The van der Waals surface area contributed by atoms with Crippen molar-refractivity contribution in [3.8, 4) is 0 Å². The van der Waals surface area contributed by atoms with Crippen molar-refractivity contribution in [1.29, 1.82) is 0 Å². The van der Waals surface area contributed by atoms with E-state index in [9.17, 15) is 0 Å². The van der Waals surface area contributed by atoms with E-state index in [1.807, 2.05) is 0 Å². The average molecular weight is 1090 g/mol. The van der Waals surface area contributed by atoms with Crippen molar-refractivity contribution in [2.45, 2.75) is 306 Å². The van der Waals surface area contributed by atoms with Crippen LogP contribution in [-0.4, -0.2) is 187 Å². The highest BCUT2D eigenvalue weighted by molar-refractivity contribution is 5.06. The van der Waals surface area contributed by atoms with Gasteiger partial charge in [-0.15, -0.1) is 0 Å². The van der Waals surface area contributed by atoms with Gasteiger partial charge in [-0.05, 0) is 200 Å². The van der Waals surface area contributed by atoms with E-state index in [4.69, 9.17) is 4.74 Å². The van der Waals surface area contributed by atoms with Gasteiger partial charge in [-0.2, -0.15) is 0 Å². The van der Waals surface area contributed by atoms with E-state index >= 15 is 0 Å². The first-order valence-corrected chi connectivity index (χ1v) is 31.2. The van der Waals surface area contributed by atoms with Crippen LogP contribution < -0.4 is 0 Å². The van der Waals surface area contributed by atoms with Crippen LogP contribution in [0.25, 0.3) is 0 Å². The summed E-state index contributed by atoms with van der Waals surface area (Å²) in [6, 6.07) is 0. The first-order valence-electron chi connectivity index (χ1n) is 31.2. The molecule has 3 aliphatic rings. The van der Waals surface area contributed by atoms with Crippen LogP contribution in [0.3, 0.4) is 0 Å². The number of hydrogen-bond acceptors (Lipinski definition) is 9. The topological polar surface area (TPSA) is 35.2 Å². The second kappa shape index (κ2) is 26.7. The average Bonchev–Trinajstić information content (AvgIpc) is 3.60. The van der Waals surface area contributed by atoms with Gasteiger partial charge >= 0.3 is 0 Å². The molecule has 0 aromatic carbocycles. The van der Waals surface area contributed by atoms with Crippen LogP contribution in [0.2, 0.25) is 0 Å². The molecule has 0 spiro atoms. The zero-order chi connectivity index (χ0) is 60.9. The molecule has 0 saturated carbocycles. The van der Waals surface area contributed by atoms with E-state index < -0.39 is 0 Å². The van der Waals surface area contributed by atoms with Crippen molar-refractivity contribution in [2.24, 2.45) is 33.5 Å². The minimum absolute atomic E-state index is 0.116. The summed E-state index contributed by atoms with van der Waals surface area (Å²) in [5.41, 5.74) is 2.29. The molecule has 4 atom stereocenters. The third-order valence-electron chi connectivity index (χ3n) is 17.3. The maximum absolute atomic E-state index is 6.77. The highest BCUT2D eigenvalue weighted by Gasteiger charge is 2.58. The minimum atomic E-state index is 0.116. The lowest BCUT2D eigenvalue weighted by molar-refractivity contribution is -0.0807. The van der Waals surface area contributed by atoms with Crippen molar-refractivity contribution >= 4 is 0 Å². The Labute approximate surface area is 485 Å². The SMILES string of the molecule is CC(C)(C)C1OC(C(C)(C)C)C(C(C)(C)C)C1C(C)(C)C.CC(C)(C)N1/C=C\N(C(C)(C)C)CCN(C(C)(C)C)CCN(C(C)(C)C)CC1.CC(C)(C)N1CCN(C(C)(C)C)CCN(C(C)(C)C)CCN(C(C)(C)C)CC1. The lowest BCUT2D eigenvalue weighted by Gasteiger charge is -2.46. The molecule has 77 heavy (non-hydrogen) atoms. The van der Waals surface area contributed by atoms with Gasteiger partial charge in [0.2, 0.25) is 0 Å². The zero-order valence-corrected chi connectivity index (χ0v) is 59.3. The number of ether oxygens (including phenoxy) is 1. The van der Waals surface area contributed by atoms with E-state index in [0.29, 0.717) is 24.0 Å². The van der Waals surface area contributed by atoms with Crippen molar-refractivity contribution in [1.82, 2.24) is 39.2 Å². The molecule has 9 nitrogen and oxygen atoms in total. The summed E-state index contributed by atoms with van der Waals surface area (Å²) in [6.07, 6.45) is 5.31. The maximum atomic E-state index is 6.77. The van der Waals surface area contributed by atoms with Crippen molar-refractivity contribution in [2.75, 3.05) is 91.6 Å². The highest BCUT2D eigenvalue weighted by Crippen LogP contribution is 2.58. The van der Waals surface area contributed by atoms with Crippen molar-refractivity contribution in [3.63, 3.8) is 0 Å². The van der Waals surface area contributed by atoms with Gasteiger partial charge in [0.05, 0.1) is 12.2 Å². The summed E-state index contributed by atoms with van der Waals surface area (Å²) in [5, 5.41) is 0. The summed E-state index contributed by atoms with van der Waals surface area (Å²) < 4.78 is 6.77. The molecule has 2 saturated heterocycles. The Morgan fingerprint density at radius 2 is 0.377 bits per heavy atom. The standard InChI is InChI=1S/C24H52N4.C24H50N4.C20H40O/c2*1-21(2,3)25-13-15-26(22(4,5)6)17-19-28(24(10,11)12)20-18-27(16-14-25)23(7,8)9;1-17(2,3)13-14(18(4,5)6)16(20(10,11)12)21-15(13)19(7,8)9/h13-20H2,1-12H3;13,15H,14,16-20H2,1-12H3;13-16H,1-12H3/b;15-13-;. The summed E-state index contributed by atoms with van der Waals surface area (Å²) >= 11 is 0. The Morgan fingerprint density at radius 3 is 0.494 bits per heavy atom. The molecule has 0 amide bonds. The van der Waals surface area contributed by atoms with Crippen LogP contribution in [-0.2, 0) is 4.74 Å². The van der Waals surface area contributed by atoms with Gasteiger partial charge in [0, 0.05) is 148 Å². The molecule has 9 heteroatoms. The van der Waals surface area contributed by atoms with Gasteiger partial charge in [-0.1, -0.05) is 83.1 Å². The molecular formula is C68H142N8O. The van der Waals surface area contributed by atoms with Crippen LogP contribution in [0.4, 0.5) is 0 Å². The predicted octanol–water partition coefficient (Wildman–Crippen LogP) is 15.4. The van der Waals surface area contributed by atoms with Crippen LogP contribution in [0.5, 0.6) is 0 Å². The molecule has 0 bridgehead atoms. The molecule has 3 aliphatic heterocycles. The minimum Gasteiger partial charge on any atom is -0.373 e. The normalized spacial score (nSPS) is 25.1. The van der Waals surface area contributed by atoms with Crippen molar-refractivity contribution in [3.05, 3.63) is 12.4 Å². The first-order chi connectivity index (χ1) is 33.8. The molecule has 0 aromatic rings. The number of rotatable bonds is 0. The van der Waals surface area contributed by atoms with E-state index in [-0.39, 0.29) is 66.0 Å². The third-order valence-corrected chi connectivity index (χ3v) is 17.3. The second-order valence-corrected chi connectivity index (χ2v) is 36.5. The van der Waals surface area contributed by atoms with E-state index in [1.165, 1.54) is 0 Å². The predicted molar refractivity (Wildman–Crippen MR) is 343 cm³/mol. The molecule has 3 rings (SSSR count). The third kappa shape index (κ3) is 24.8. The molecule has 4 unspecified atom stereocenters. The summed E-state index contributed by atoms with van der Waals surface area (Å²) in [6.45, 7) is 100. The monoisotopic (exact) mass is 1090 g/mol. The molecule has 460 valence electrons. The Balaban J connectivity index is 0.000000584. The van der Waals surface area contributed by atoms with Crippen LogP contribution in [0, 0.1) is 33.5 Å². The van der Waals surface area contributed by atoms with Gasteiger partial charge < -0.3 is 14.5 Å². The van der Waals surface area contributed by atoms with Gasteiger partial charge in [0.25, 0.3) is 0 Å². The number of hydrogen-bond donors (Lipinski definition) is 0. The van der Waals surface area contributed by atoms with Gasteiger partial charge in [0.1, 0.15) is 0 Å². The quantitative estimate of drug-likeness (QED) is 0.236. The smallest absolute Gasteiger partial charge is 0.0664 e. The van der Waals surface area contributed by atoms with Crippen molar-refractivity contribution < 1.29 is 4.74 Å². The molecule has 0 N–H and O–H groups in total. The summed E-state index contributed by atoms with van der Waals surface area (Å²) in [5.74, 6) is 1.17. The number of nitrogens with zero attached hydrogens (tertiary/aromatic N) is 8. The van der Waals surface area contributed by atoms with Gasteiger partial charge in [0.15, 0.2) is 0 Å². The van der Waals surface area contributed by atoms with Gasteiger partial charge in [-0.3, -0.25) is 29.4 Å². The van der Waals surface area contributed by atoms with Gasteiger partial charge in [-0.25, -0.2) is 0 Å². The molecular weight excluding hydrogens is 945 g/mol. The lowest BCUT2D eigenvalue weighted by atomic mass is 9.57. The Hall–Kier alpha value is -0.940. The summed E-state index contributed by atoms with van der Waals surface area (Å²) in [7, 11) is 0.